The van der Waals surface area contributed by atoms with Crippen molar-refractivity contribution in [2.24, 2.45) is 0 Å². The Hall–Kier alpha value is -3.26. The fourth-order valence-electron chi connectivity index (χ4n) is 3.71. The molecule has 0 aliphatic carbocycles. The highest BCUT2D eigenvalue weighted by Gasteiger charge is 2.12. The summed E-state index contributed by atoms with van der Waals surface area (Å²) in [5.41, 5.74) is 4.72. The molecule has 1 aromatic heterocycles. The first-order chi connectivity index (χ1) is 12.8. The highest BCUT2D eigenvalue weighted by atomic mass is 16.5. The summed E-state index contributed by atoms with van der Waals surface area (Å²) in [5.74, 6) is 0.917. The van der Waals surface area contributed by atoms with Crippen LogP contribution in [0.2, 0.25) is 0 Å². The van der Waals surface area contributed by atoms with Crippen LogP contribution < -0.4 is 4.74 Å². The number of aryl methyl sites for hydroxylation is 1. The fraction of sp³-hybridized carbons (Fsp3) is 0.0833. The molecular weight excluding hydrogens is 318 g/mol. The number of H-pyrrole nitrogens is 1. The van der Waals surface area contributed by atoms with Crippen LogP contribution in [0.1, 0.15) is 11.1 Å². The van der Waals surface area contributed by atoms with Gasteiger partial charge >= 0.3 is 0 Å². The van der Waals surface area contributed by atoms with E-state index in [2.05, 4.69) is 72.6 Å². The molecule has 0 atom stereocenters. The van der Waals surface area contributed by atoms with E-state index >= 15 is 0 Å². The number of nitrogens with one attached hydrogen (secondary N) is 1. The van der Waals surface area contributed by atoms with E-state index in [0.717, 1.165) is 16.7 Å². The van der Waals surface area contributed by atoms with Crippen molar-refractivity contribution < 1.29 is 4.74 Å². The van der Waals surface area contributed by atoms with E-state index in [-0.39, 0.29) is 0 Å². The van der Waals surface area contributed by atoms with Gasteiger partial charge in [-0.1, -0.05) is 66.7 Å². The van der Waals surface area contributed by atoms with E-state index < -0.39 is 0 Å². The van der Waals surface area contributed by atoms with Crippen molar-refractivity contribution in [1.82, 2.24) is 4.98 Å². The third-order valence-electron chi connectivity index (χ3n) is 4.96. The Balaban J connectivity index is 1.71. The Labute approximate surface area is 152 Å². The Morgan fingerprint density at radius 1 is 0.731 bits per heavy atom. The lowest BCUT2D eigenvalue weighted by Crippen LogP contribution is -1.96. The number of benzene rings is 4. The molecule has 1 N–H and O–H groups in total. The lowest BCUT2D eigenvalue weighted by Gasteiger charge is -2.11. The molecule has 5 rings (SSSR count). The van der Waals surface area contributed by atoms with E-state index in [1.807, 2.05) is 18.2 Å². The normalized spacial score (nSPS) is 11.4. The van der Waals surface area contributed by atoms with Crippen LogP contribution in [0.25, 0.3) is 32.6 Å². The minimum Gasteiger partial charge on any atom is -0.488 e. The molecule has 0 saturated carbocycles. The molecule has 0 aliphatic rings. The molecule has 0 aliphatic heterocycles. The maximum Gasteiger partial charge on any atom is 0.129 e. The average molecular weight is 337 g/mol. The first kappa shape index (κ1) is 15.0. The van der Waals surface area contributed by atoms with Gasteiger partial charge in [-0.2, -0.15) is 0 Å². The van der Waals surface area contributed by atoms with Crippen molar-refractivity contribution in [3.05, 3.63) is 90.0 Å². The molecule has 0 amide bonds. The summed E-state index contributed by atoms with van der Waals surface area (Å²) in [6.45, 7) is 2.69. The van der Waals surface area contributed by atoms with Crippen LogP contribution in [-0.2, 0) is 6.61 Å². The molecule has 2 nitrogen and oxygen atoms in total. The van der Waals surface area contributed by atoms with E-state index in [9.17, 15) is 0 Å². The molecule has 126 valence electrons. The van der Waals surface area contributed by atoms with Gasteiger partial charge in [0.1, 0.15) is 12.4 Å². The number of rotatable bonds is 3. The SMILES string of the molecule is Cc1ccc2c(c1)[nH]c1cc(OCc3ccccc3)c3ccccc3c12. The number of hydrogen-bond donors (Lipinski definition) is 1. The van der Waals surface area contributed by atoms with Crippen molar-refractivity contribution in [1.29, 1.82) is 0 Å². The third-order valence-corrected chi connectivity index (χ3v) is 4.96. The first-order valence-corrected chi connectivity index (χ1v) is 8.90. The molecule has 0 fully saturated rings. The molecule has 4 aromatic carbocycles. The minimum absolute atomic E-state index is 0.565. The van der Waals surface area contributed by atoms with E-state index in [1.165, 1.54) is 32.8 Å². The van der Waals surface area contributed by atoms with Gasteiger partial charge < -0.3 is 9.72 Å². The zero-order valence-electron chi connectivity index (χ0n) is 14.6. The van der Waals surface area contributed by atoms with Crippen molar-refractivity contribution >= 4 is 32.6 Å². The Bertz CT molecular complexity index is 1240. The van der Waals surface area contributed by atoms with Crippen LogP contribution in [0, 0.1) is 6.92 Å². The standard InChI is InChI=1S/C24H19NO/c1-16-11-12-20-21(13-16)25-22-14-23(26-15-17-7-3-2-4-8-17)18-9-5-6-10-19(18)24(20)22/h2-14,25H,15H2,1H3. The Kier molecular flexibility index (Phi) is 3.42. The lowest BCUT2D eigenvalue weighted by molar-refractivity contribution is 0.310. The lowest BCUT2D eigenvalue weighted by atomic mass is 10.0. The van der Waals surface area contributed by atoms with Crippen LogP contribution in [-0.4, -0.2) is 4.98 Å². The van der Waals surface area contributed by atoms with Crippen LogP contribution in [0.4, 0.5) is 0 Å². The number of ether oxygens (including phenoxy) is 1. The highest BCUT2D eigenvalue weighted by molar-refractivity contribution is 6.21. The van der Waals surface area contributed by atoms with Gasteiger partial charge in [-0.05, 0) is 29.5 Å². The van der Waals surface area contributed by atoms with Gasteiger partial charge in [0.15, 0.2) is 0 Å². The third kappa shape index (κ3) is 2.42. The quantitative estimate of drug-likeness (QED) is 0.407. The Morgan fingerprint density at radius 2 is 1.50 bits per heavy atom. The maximum atomic E-state index is 6.21. The van der Waals surface area contributed by atoms with Crippen LogP contribution in [0.5, 0.6) is 5.75 Å². The van der Waals surface area contributed by atoms with Crippen LogP contribution in [0.3, 0.4) is 0 Å². The number of aromatic nitrogens is 1. The molecule has 0 saturated heterocycles. The number of hydrogen-bond acceptors (Lipinski definition) is 1. The molecule has 1 heterocycles. The summed E-state index contributed by atoms with van der Waals surface area (Å²) in [6.07, 6.45) is 0. The zero-order chi connectivity index (χ0) is 17.5. The number of aromatic amines is 1. The molecule has 0 radical (unpaired) electrons. The molecule has 5 aromatic rings. The second kappa shape index (κ2) is 5.92. The van der Waals surface area contributed by atoms with Crippen molar-refractivity contribution in [3.8, 4) is 5.75 Å². The fourth-order valence-corrected chi connectivity index (χ4v) is 3.71. The smallest absolute Gasteiger partial charge is 0.129 e. The van der Waals surface area contributed by atoms with Gasteiger partial charge in [-0.15, -0.1) is 0 Å². The zero-order valence-corrected chi connectivity index (χ0v) is 14.6. The summed E-state index contributed by atoms with van der Waals surface area (Å²) in [6, 6.07) is 27.5. The van der Waals surface area contributed by atoms with Gasteiger partial charge in [0.25, 0.3) is 0 Å². The first-order valence-electron chi connectivity index (χ1n) is 8.90. The van der Waals surface area contributed by atoms with Crippen molar-refractivity contribution in [2.45, 2.75) is 13.5 Å². The molecule has 26 heavy (non-hydrogen) atoms. The van der Waals surface area contributed by atoms with Gasteiger partial charge in [-0.3, -0.25) is 0 Å². The predicted molar refractivity (Wildman–Crippen MR) is 109 cm³/mol. The molecule has 0 unspecified atom stereocenters. The van der Waals surface area contributed by atoms with Crippen molar-refractivity contribution in [3.63, 3.8) is 0 Å². The summed E-state index contributed by atoms with van der Waals surface area (Å²) >= 11 is 0. The van der Waals surface area contributed by atoms with E-state index in [4.69, 9.17) is 4.74 Å². The van der Waals surface area contributed by atoms with E-state index in [0.29, 0.717) is 6.61 Å². The van der Waals surface area contributed by atoms with Gasteiger partial charge in [0, 0.05) is 27.7 Å². The van der Waals surface area contributed by atoms with Gasteiger partial charge in [-0.25, -0.2) is 0 Å². The topological polar surface area (TPSA) is 25.0 Å². The van der Waals surface area contributed by atoms with E-state index in [1.54, 1.807) is 0 Å². The molecular formula is C24H19NO. The summed E-state index contributed by atoms with van der Waals surface area (Å²) in [4.78, 5) is 3.57. The van der Waals surface area contributed by atoms with Crippen molar-refractivity contribution in [2.75, 3.05) is 0 Å². The van der Waals surface area contributed by atoms with Crippen LogP contribution in [0.15, 0.2) is 78.9 Å². The minimum atomic E-state index is 0.565. The molecule has 2 heteroatoms. The summed E-state index contributed by atoms with van der Waals surface area (Å²) in [5, 5.41) is 4.90. The second-order valence-electron chi connectivity index (χ2n) is 6.79. The van der Waals surface area contributed by atoms with Crippen LogP contribution >= 0.6 is 0 Å². The molecule has 0 bridgehead atoms. The summed E-state index contributed by atoms with van der Waals surface area (Å²) in [7, 11) is 0. The molecule has 0 spiro atoms. The van der Waals surface area contributed by atoms with Gasteiger partial charge in [0.05, 0.1) is 5.52 Å². The summed E-state index contributed by atoms with van der Waals surface area (Å²) < 4.78 is 6.21. The van der Waals surface area contributed by atoms with Gasteiger partial charge in [0.2, 0.25) is 0 Å². The maximum absolute atomic E-state index is 6.21. The monoisotopic (exact) mass is 337 g/mol. The average Bonchev–Trinajstić information content (AvgIpc) is 3.04. The predicted octanol–water partition coefficient (Wildman–Crippen LogP) is 6.36. The highest BCUT2D eigenvalue weighted by Crippen LogP contribution is 2.38. The number of fused-ring (bicyclic) bond motifs is 5. The Morgan fingerprint density at radius 3 is 2.35 bits per heavy atom. The second-order valence-corrected chi connectivity index (χ2v) is 6.79. The largest absolute Gasteiger partial charge is 0.488 e.